The van der Waals surface area contributed by atoms with Crippen LogP contribution in [0.1, 0.15) is 52.7 Å². The molecule has 1 aromatic carbocycles. The normalized spacial score (nSPS) is 13.3. The van der Waals surface area contributed by atoms with Crippen LogP contribution in [0.3, 0.4) is 0 Å². The van der Waals surface area contributed by atoms with Gasteiger partial charge in [0.25, 0.3) is 0 Å². The summed E-state index contributed by atoms with van der Waals surface area (Å²) in [5.41, 5.74) is 2.00. The van der Waals surface area contributed by atoms with Gasteiger partial charge in [-0.1, -0.05) is 41.5 Å². The van der Waals surface area contributed by atoms with Crippen molar-refractivity contribution < 1.29 is 18.3 Å². The van der Waals surface area contributed by atoms with Crippen molar-refractivity contribution in [2.75, 3.05) is 0 Å². The molecular formula is C22H26F3N3O. The molecule has 0 radical (unpaired) electrons. The third kappa shape index (κ3) is 4.23. The minimum absolute atomic E-state index is 0.183. The summed E-state index contributed by atoms with van der Waals surface area (Å²) < 4.78 is 40.1. The van der Waals surface area contributed by atoms with E-state index in [2.05, 4.69) is 10.1 Å². The van der Waals surface area contributed by atoms with E-state index >= 15 is 0 Å². The van der Waals surface area contributed by atoms with Crippen LogP contribution in [0.5, 0.6) is 5.75 Å². The zero-order chi connectivity index (χ0) is 21.8. The van der Waals surface area contributed by atoms with Crippen LogP contribution in [0.15, 0.2) is 30.5 Å². The fourth-order valence-electron chi connectivity index (χ4n) is 3.42. The summed E-state index contributed by atoms with van der Waals surface area (Å²) in [6.45, 7) is 10.7. The third-order valence-electron chi connectivity index (χ3n) is 4.84. The van der Waals surface area contributed by atoms with Crippen LogP contribution in [0.25, 0.3) is 22.3 Å². The molecule has 0 amide bonds. The van der Waals surface area contributed by atoms with Crippen LogP contribution >= 0.6 is 0 Å². The molecule has 0 atom stereocenters. The minimum atomic E-state index is -4.41. The van der Waals surface area contributed by atoms with Gasteiger partial charge in [-0.05, 0) is 35.1 Å². The van der Waals surface area contributed by atoms with Crippen LogP contribution in [-0.2, 0) is 17.4 Å². The Morgan fingerprint density at radius 1 is 0.966 bits per heavy atom. The maximum Gasteiger partial charge on any atom is 0.408 e. The maximum absolute atomic E-state index is 13.1. The molecule has 0 spiro atoms. The van der Waals surface area contributed by atoms with E-state index in [4.69, 9.17) is 0 Å². The van der Waals surface area contributed by atoms with Crippen LogP contribution in [0.2, 0.25) is 0 Å². The monoisotopic (exact) mass is 405 g/mol. The first-order valence-corrected chi connectivity index (χ1v) is 9.45. The van der Waals surface area contributed by atoms with Crippen molar-refractivity contribution in [3.8, 4) is 17.0 Å². The van der Waals surface area contributed by atoms with Crippen LogP contribution in [0, 0.1) is 0 Å². The highest BCUT2D eigenvalue weighted by atomic mass is 19.4. The topological polar surface area (TPSA) is 50.9 Å². The van der Waals surface area contributed by atoms with Gasteiger partial charge in [0.15, 0.2) is 5.65 Å². The van der Waals surface area contributed by atoms with Crippen molar-refractivity contribution in [3.05, 3.63) is 41.6 Å². The molecule has 0 aliphatic rings. The number of phenolic OH excluding ortho intramolecular Hbond substituents is 1. The van der Waals surface area contributed by atoms with Crippen molar-refractivity contribution in [2.45, 2.75) is 65.1 Å². The summed E-state index contributed by atoms with van der Waals surface area (Å²) >= 11 is 0. The first-order valence-electron chi connectivity index (χ1n) is 9.45. The van der Waals surface area contributed by atoms with Gasteiger partial charge in [-0.15, -0.1) is 0 Å². The molecule has 0 unspecified atom stereocenters. The molecule has 0 saturated heterocycles. The van der Waals surface area contributed by atoms with Crippen molar-refractivity contribution in [3.63, 3.8) is 0 Å². The van der Waals surface area contributed by atoms with Gasteiger partial charge < -0.3 is 5.11 Å². The van der Waals surface area contributed by atoms with Gasteiger partial charge in [0.2, 0.25) is 0 Å². The van der Waals surface area contributed by atoms with E-state index in [1.54, 1.807) is 12.1 Å². The Kier molecular flexibility index (Phi) is 4.92. The lowest BCUT2D eigenvalue weighted by molar-refractivity contribution is -0.141. The number of hydrogen-bond donors (Lipinski definition) is 1. The number of alkyl halides is 3. The predicted molar refractivity (Wildman–Crippen MR) is 108 cm³/mol. The number of nitrogens with zero attached hydrogens (tertiary/aromatic N) is 3. The molecule has 0 saturated carbocycles. The second-order valence-corrected chi connectivity index (χ2v) is 9.42. The summed E-state index contributed by atoms with van der Waals surface area (Å²) in [6, 6.07) is 7.04. The molecule has 29 heavy (non-hydrogen) atoms. The molecule has 2 aromatic heterocycles. The Morgan fingerprint density at radius 3 is 2.00 bits per heavy atom. The third-order valence-corrected chi connectivity index (χ3v) is 4.84. The van der Waals surface area contributed by atoms with Gasteiger partial charge in [-0.25, -0.2) is 9.67 Å². The van der Waals surface area contributed by atoms with Crippen LogP contribution in [-0.4, -0.2) is 26.0 Å². The Bertz CT molecular complexity index is 1020. The molecule has 1 N–H and O–H groups in total. The van der Waals surface area contributed by atoms with Crippen molar-refractivity contribution in [1.29, 1.82) is 0 Å². The second kappa shape index (κ2) is 6.75. The van der Waals surface area contributed by atoms with E-state index in [-0.39, 0.29) is 22.2 Å². The largest absolute Gasteiger partial charge is 0.507 e. The van der Waals surface area contributed by atoms with Gasteiger partial charge in [0, 0.05) is 28.3 Å². The highest BCUT2D eigenvalue weighted by Crippen LogP contribution is 2.42. The van der Waals surface area contributed by atoms with E-state index in [0.29, 0.717) is 16.6 Å². The zero-order valence-corrected chi connectivity index (χ0v) is 17.5. The summed E-state index contributed by atoms with van der Waals surface area (Å²) in [6.07, 6.45) is -2.95. The maximum atomic E-state index is 13.1. The highest BCUT2D eigenvalue weighted by molar-refractivity contribution is 5.91. The number of benzene rings is 1. The van der Waals surface area contributed by atoms with E-state index in [1.165, 1.54) is 6.20 Å². The molecule has 156 valence electrons. The van der Waals surface area contributed by atoms with Gasteiger partial charge in [-0.3, -0.25) is 0 Å². The van der Waals surface area contributed by atoms with E-state index in [0.717, 1.165) is 15.8 Å². The van der Waals surface area contributed by atoms with Crippen molar-refractivity contribution in [2.24, 2.45) is 0 Å². The zero-order valence-electron chi connectivity index (χ0n) is 17.5. The fourth-order valence-corrected chi connectivity index (χ4v) is 3.42. The summed E-state index contributed by atoms with van der Waals surface area (Å²) in [7, 11) is 0. The average molecular weight is 405 g/mol. The number of halogens is 3. The second-order valence-electron chi connectivity index (χ2n) is 9.42. The molecule has 3 aromatic rings. The summed E-state index contributed by atoms with van der Waals surface area (Å²) in [5, 5.41) is 15.7. The number of phenols is 1. The van der Waals surface area contributed by atoms with Gasteiger partial charge >= 0.3 is 6.18 Å². The smallest absolute Gasteiger partial charge is 0.408 e. The fraction of sp³-hybridized carbons (Fsp3) is 0.455. The number of fused-ring (bicyclic) bond motifs is 1. The van der Waals surface area contributed by atoms with E-state index in [9.17, 15) is 18.3 Å². The Morgan fingerprint density at radius 2 is 1.52 bits per heavy atom. The van der Waals surface area contributed by atoms with Crippen molar-refractivity contribution in [1.82, 2.24) is 14.8 Å². The lowest BCUT2D eigenvalue weighted by Gasteiger charge is -2.28. The lowest BCUT2D eigenvalue weighted by atomic mass is 9.78. The molecule has 0 aliphatic heterocycles. The predicted octanol–water partition coefficient (Wildman–Crippen LogP) is 5.96. The molecule has 0 fully saturated rings. The Labute approximate surface area is 168 Å². The van der Waals surface area contributed by atoms with Gasteiger partial charge in [0.1, 0.15) is 18.0 Å². The number of aromatic nitrogens is 3. The highest BCUT2D eigenvalue weighted by Gasteiger charge is 2.31. The average Bonchev–Trinajstić information content (AvgIpc) is 2.90. The first-order chi connectivity index (χ1) is 13.2. The molecular weight excluding hydrogens is 379 g/mol. The molecule has 7 heteroatoms. The Balaban J connectivity index is 2.33. The quantitative estimate of drug-likeness (QED) is 0.572. The van der Waals surface area contributed by atoms with E-state index in [1.807, 2.05) is 53.7 Å². The van der Waals surface area contributed by atoms with E-state index < -0.39 is 12.7 Å². The SMILES string of the molecule is CC(C)(C)c1cc(-c2nn(CC(F)(F)F)c3ncccc23)cc(C(C)(C)C)c1O. The molecule has 2 heterocycles. The van der Waals surface area contributed by atoms with Crippen LogP contribution in [0.4, 0.5) is 13.2 Å². The first kappa shape index (κ1) is 21.1. The standard InChI is InChI=1S/C22H26F3N3O/c1-20(2,3)15-10-13(11-16(18(15)29)21(4,5)6)17-14-8-7-9-26-19(14)28(27-17)12-22(23,24)25/h7-11,29H,12H2,1-6H3. The molecule has 4 nitrogen and oxygen atoms in total. The Hall–Kier alpha value is -2.57. The summed E-state index contributed by atoms with van der Waals surface area (Å²) in [4.78, 5) is 4.12. The number of hydrogen-bond acceptors (Lipinski definition) is 3. The molecule has 0 aliphatic carbocycles. The van der Waals surface area contributed by atoms with Gasteiger partial charge in [-0.2, -0.15) is 18.3 Å². The molecule has 3 rings (SSSR count). The van der Waals surface area contributed by atoms with Crippen LogP contribution < -0.4 is 0 Å². The van der Waals surface area contributed by atoms with Gasteiger partial charge in [0.05, 0.1) is 0 Å². The summed E-state index contributed by atoms with van der Waals surface area (Å²) in [5.74, 6) is 0.214. The number of pyridine rings is 1. The minimum Gasteiger partial charge on any atom is -0.507 e. The number of rotatable bonds is 2. The number of aromatic hydroxyl groups is 1. The molecule has 0 bridgehead atoms. The lowest BCUT2D eigenvalue weighted by Crippen LogP contribution is -2.19. The van der Waals surface area contributed by atoms with Crippen molar-refractivity contribution >= 4 is 11.0 Å².